The summed E-state index contributed by atoms with van der Waals surface area (Å²) in [4.78, 5) is 9.43. The van der Waals surface area contributed by atoms with Gasteiger partial charge >= 0.3 is 0 Å². The number of halogens is 1. The van der Waals surface area contributed by atoms with Gasteiger partial charge in [0.05, 0.1) is 19.8 Å². The molecule has 148 valence electrons. The van der Waals surface area contributed by atoms with Crippen molar-refractivity contribution in [3.05, 3.63) is 0 Å². The molecule has 0 aromatic rings. The second kappa shape index (κ2) is 13.1. The number of nitrogens with one attached hydrogen (secondary N) is 1. The van der Waals surface area contributed by atoms with E-state index >= 15 is 0 Å². The molecule has 2 heterocycles. The lowest BCUT2D eigenvalue weighted by Crippen LogP contribution is -2.46. The largest absolute Gasteiger partial charge is 0.382 e. The van der Waals surface area contributed by atoms with Crippen LogP contribution in [0.4, 0.5) is 0 Å². The fourth-order valence-corrected chi connectivity index (χ4v) is 3.69. The highest BCUT2D eigenvalue weighted by atomic mass is 127. The minimum atomic E-state index is 0. The van der Waals surface area contributed by atoms with Crippen molar-refractivity contribution in [1.29, 1.82) is 0 Å². The Morgan fingerprint density at radius 2 is 2.04 bits per heavy atom. The van der Waals surface area contributed by atoms with Gasteiger partial charge in [0, 0.05) is 52.3 Å². The van der Waals surface area contributed by atoms with Crippen molar-refractivity contribution in [1.82, 2.24) is 15.1 Å². The minimum absolute atomic E-state index is 0. The molecule has 7 heteroatoms. The first-order chi connectivity index (χ1) is 11.7. The quantitative estimate of drug-likeness (QED) is 0.256. The SMILES string of the molecule is CN=C(NCCN1CCCCC1C)N1CCC(COCCOC)C1.I. The van der Waals surface area contributed by atoms with Crippen molar-refractivity contribution in [3.8, 4) is 0 Å². The average molecular weight is 468 g/mol. The number of ether oxygens (including phenoxy) is 2. The lowest BCUT2D eigenvalue weighted by Gasteiger charge is -2.33. The van der Waals surface area contributed by atoms with Crippen LogP contribution in [0.25, 0.3) is 0 Å². The van der Waals surface area contributed by atoms with E-state index in [0.717, 1.165) is 44.8 Å². The second-order valence-electron chi connectivity index (χ2n) is 7.02. The molecule has 1 N–H and O–H groups in total. The highest BCUT2D eigenvalue weighted by molar-refractivity contribution is 14.0. The van der Waals surface area contributed by atoms with Crippen molar-refractivity contribution in [3.63, 3.8) is 0 Å². The lowest BCUT2D eigenvalue weighted by molar-refractivity contribution is 0.0536. The van der Waals surface area contributed by atoms with Crippen molar-refractivity contribution < 1.29 is 9.47 Å². The first-order valence-electron chi connectivity index (χ1n) is 9.51. The Bertz CT molecular complexity index is 384. The van der Waals surface area contributed by atoms with Crippen LogP contribution < -0.4 is 5.32 Å². The molecule has 2 rings (SSSR count). The zero-order valence-corrected chi connectivity index (χ0v) is 18.5. The third kappa shape index (κ3) is 7.97. The molecule has 2 saturated heterocycles. The molecule has 2 aliphatic heterocycles. The van der Waals surface area contributed by atoms with Crippen LogP contribution in [0.3, 0.4) is 0 Å². The van der Waals surface area contributed by atoms with E-state index < -0.39 is 0 Å². The summed E-state index contributed by atoms with van der Waals surface area (Å²) in [5.74, 6) is 1.64. The third-order valence-corrected chi connectivity index (χ3v) is 5.21. The van der Waals surface area contributed by atoms with Crippen LogP contribution in [0, 0.1) is 5.92 Å². The molecule has 0 aliphatic carbocycles. The molecule has 0 saturated carbocycles. The Morgan fingerprint density at radius 3 is 2.76 bits per heavy atom. The van der Waals surface area contributed by atoms with E-state index in [1.807, 2.05) is 7.05 Å². The van der Waals surface area contributed by atoms with Crippen LogP contribution >= 0.6 is 24.0 Å². The Hall–Kier alpha value is -0.120. The van der Waals surface area contributed by atoms with Crippen molar-refractivity contribution in [2.45, 2.75) is 38.6 Å². The number of likely N-dealkylation sites (tertiary alicyclic amines) is 2. The van der Waals surface area contributed by atoms with Gasteiger partial charge in [0.1, 0.15) is 0 Å². The minimum Gasteiger partial charge on any atom is -0.382 e. The van der Waals surface area contributed by atoms with Crippen LogP contribution in [0.5, 0.6) is 0 Å². The number of aliphatic imine (C=N–C) groups is 1. The van der Waals surface area contributed by atoms with Gasteiger partial charge in [-0.2, -0.15) is 0 Å². The van der Waals surface area contributed by atoms with Crippen LogP contribution in [-0.2, 0) is 9.47 Å². The van der Waals surface area contributed by atoms with Gasteiger partial charge in [-0.15, -0.1) is 24.0 Å². The number of hydrogen-bond donors (Lipinski definition) is 1. The number of piperidine rings is 1. The first kappa shape index (κ1) is 22.9. The number of methoxy groups -OCH3 is 1. The summed E-state index contributed by atoms with van der Waals surface area (Å²) in [6.45, 7) is 9.96. The molecule has 0 spiro atoms. The molecule has 2 fully saturated rings. The summed E-state index contributed by atoms with van der Waals surface area (Å²) in [6.07, 6.45) is 5.24. The summed E-state index contributed by atoms with van der Waals surface area (Å²) in [6, 6.07) is 0.725. The molecule has 2 unspecified atom stereocenters. The maximum atomic E-state index is 5.67. The highest BCUT2D eigenvalue weighted by Crippen LogP contribution is 2.17. The van der Waals surface area contributed by atoms with E-state index in [1.54, 1.807) is 7.11 Å². The van der Waals surface area contributed by atoms with Gasteiger partial charge in [0.15, 0.2) is 5.96 Å². The summed E-state index contributed by atoms with van der Waals surface area (Å²) in [7, 11) is 3.59. The van der Waals surface area contributed by atoms with E-state index in [4.69, 9.17) is 9.47 Å². The Kier molecular flexibility index (Phi) is 12.0. The molecule has 25 heavy (non-hydrogen) atoms. The Morgan fingerprint density at radius 1 is 1.20 bits per heavy atom. The van der Waals surface area contributed by atoms with Gasteiger partial charge in [-0.05, 0) is 32.7 Å². The van der Waals surface area contributed by atoms with E-state index in [-0.39, 0.29) is 24.0 Å². The number of guanidine groups is 1. The molecule has 0 bridgehead atoms. The van der Waals surface area contributed by atoms with Crippen LogP contribution in [-0.4, -0.2) is 88.5 Å². The topological polar surface area (TPSA) is 49.3 Å². The Balaban J connectivity index is 0.00000312. The van der Waals surface area contributed by atoms with Crippen molar-refractivity contribution in [2.24, 2.45) is 10.9 Å². The van der Waals surface area contributed by atoms with E-state index in [9.17, 15) is 0 Å². The number of rotatable bonds is 8. The normalized spacial score (nSPS) is 25.1. The van der Waals surface area contributed by atoms with Gasteiger partial charge in [-0.1, -0.05) is 6.42 Å². The maximum Gasteiger partial charge on any atom is 0.193 e. The smallest absolute Gasteiger partial charge is 0.193 e. The molecule has 2 atom stereocenters. The number of hydrogen-bond acceptors (Lipinski definition) is 4. The molecule has 6 nitrogen and oxygen atoms in total. The van der Waals surface area contributed by atoms with Crippen molar-refractivity contribution in [2.75, 3.05) is 66.7 Å². The monoisotopic (exact) mass is 468 g/mol. The molecule has 0 aromatic carbocycles. The zero-order chi connectivity index (χ0) is 17.2. The summed E-state index contributed by atoms with van der Waals surface area (Å²) < 4.78 is 10.7. The van der Waals surface area contributed by atoms with Crippen LogP contribution in [0.1, 0.15) is 32.6 Å². The molecule has 0 radical (unpaired) electrons. The highest BCUT2D eigenvalue weighted by Gasteiger charge is 2.25. The van der Waals surface area contributed by atoms with Crippen LogP contribution in [0.15, 0.2) is 4.99 Å². The van der Waals surface area contributed by atoms with Crippen molar-refractivity contribution >= 4 is 29.9 Å². The predicted molar refractivity (Wildman–Crippen MR) is 114 cm³/mol. The lowest BCUT2D eigenvalue weighted by atomic mass is 10.0. The van der Waals surface area contributed by atoms with E-state index in [2.05, 4.69) is 27.0 Å². The standard InChI is InChI=1S/C18H36N4O2.HI/c1-16-6-4-5-9-21(16)11-8-20-18(19-2)22-10-7-17(14-22)15-24-13-12-23-3;/h16-17H,4-15H2,1-3H3,(H,19,20);1H. The van der Waals surface area contributed by atoms with Gasteiger partial charge in [-0.25, -0.2) is 0 Å². The van der Waals surface area contributed by atoms with Crippen LogP contribution in [0.2, 0.25) is 0 Å². The average Bonchev–Trinajstić information content (AvgIpc) is 3.06. The zero-order valence-electron chi connectivity index (χ0n) is 16.2. The molecular weight excluding hydrogens is 431 g/mol. The van der Waals surface area contributed by atoms with Gasteiger partial charge in [-0.3, -0.25) is 9.89 Å². The van der Waals surface area contributed by atoms with Gasteiger partial charge in [0.2, 0.25) is 0 Å². The fraction of sp³-hybridized carbons (Fsp3) is 0.944. The predicted octanol–water partition coefficient (Wildman–Crippen LogP) is 2.04. The summed E-state index contributed by atoms with van der Waals surface area (Å²) >= 11 is 0. The second-order valence-corrected chi connectivity index (χ2v) is 7.02. The Labute approximate surface area is 170 Å². The fourth-order valence-electron chi connectivity index (χ4n) is 3.69. The molecule has 2 aliphatic rings. The van der Waals surface area contributed by atoms with E-state index in [0.29, 0.717) is 19.1 Å². The number of nitrogens with zero attached hydrogens (tertiary/aromatic N) is 3. The van der Waals surface area contributed by atoms with Gasteiger partial charge in [0.25, 0.3) is 0 Å². The summed E-state index contributed by atoms with van der Waals surface area (Å²) in [5, 5.41) is 3.55. The molecule has 0 amide bonds. The third-order valence-electron chi connectivity index (χ3n) is 5.21. The first-order valence-corrected chi connectivity index (χ1v) is 9.51. The summed E-state index contributed by atoms with van der Waals surface area (Å²) in [5.41, 5.74) is 0. The maximum absolute atomic E-state index is 5.67. The molecule has 0 aromatic heterocycles. The van der Waals surface area contributed by atoms with E-state index in [1.165, 1.54) is 32.2 Å². The molecular formula is C18H37IN4O2. The van der Waals surface area contributed by atoms with Gasteiger partial charge < -0.3 is 19.7 Å².